The Morgan fingerprint density at radius 3 is 2.53 bits per heavy atom. The smallest absolute Gasteiger partial charge is 0.366 e. The third kappa shape index (κ3) is 2.95. The highest BCUT2D eigenvalue weighted by atomic mass is 35.5. The largest absolute Gasteiger partial charge is 0.417 e. The van der Waals surface area contributed by atoms with Crippen LogP contribution in [0.3, 0.4) is 0 Å². The van der Waals surface area contributed by atoms with Gasteiger partial charge < -0.3 is 10.6 Å². The van der Waals surface area contributed by atoms with Crippen LogP contribution in [0.25, 0.3) is 0 Å². The fourth-order valence-corrected chi connectivity index (χ4v) is 2.82. The standard InChI is InChI=1S/C12H14F3N3.ClH/c13-12(14,15)7-1-4-11(16-6-7)18-10-5-8-2-3-9(10)17-8;/h1,4,6,8-10,17H,2-3,5H2,(H,16,18);1H. The monoisotopic (exact) mass is 293 g/mol. The van der Waals surface area contributed by atoms with Gasteiger partial charge in [-0.15, -0.1) is 12.4 Å². The van der Waals surface area contributed by atoms with E-state index < -0.39 is 11.7 Å². The van der Waals surface area contributed by atoms with Gasteiger partial charge in [0, 0.05) is 24.3 Å². The molecule has 2 saturated heterocycles. The molecule has 0 aliphatic carbocycles. The fraction of sp³-hybridized carbons (Fsp3) is 0.583. The number of alkyl halides is 3. The second-order valence-corrected chi connectivity index (χ2v) is 4.96. The molecule has 1 aromatic rings. The zero-order valence-electron chi connectivity index (χ0n) is 10.1. The second-order valence-electron chi connectivity index (χ2n) is 4.96. The molecule has 0 aromatic carbocycles. The van der Waals surface area contributed by atoms with Gasteiger partial charge in [0.25, 0.3) is 0 Å². The van der Waals surface area contributed by atoms with Crippen molar-refractivity contribution in [3.05, 3.63) is 23.9 Å². The summed E-state index contributed by atoms with van der Waals surface area (Å²) in [6.07, 6.45) is -0.0951. The van der Waals surface area contributed by atoms with Crippen LogP contribution in [0, 0.1) is 0 Å². The van der Waals surface area contributed by atoms with Gasteiger partial charge in [-0.05, 0) is 31.4 Å². The molecule has 3 heterocycles. The number of nitrogens with one attached hydrogen (secondary N) is 2. The van der Waals surface area contributed by atoms with Crippen molar-refractivity contribution in [1.82, 2.24) is 10.3 Å². The molecule has 0 saturated carbocycles. The summed E-state index contributed by atoms with van der Waals surface area (Å²) < 4.78 is 37.1. The predicted octanol–water partition coefficient (Wildman–Crippen LogP) is 2.83. The maximum absolute atomic E-state index is 12.4. The molecule has 106 valence electrons. The number of hydrogen-bond donors (Lipinski definition) is 2. The Morgan fingerprint density at radius 1 is 1.26 bits per heavy atom. The van der Waals surface area contributed by atoms with Crippen LogP contribution in [-0.2, 0) is 6.18 Å². The molecular weight excluding hydrogens is 279 g/mol. The third-order valence-corrected chi connectivity index (χ3v) is 3.72. The summed E-state index contributed by atoms with van der Waals surface area (Å²) in [4.78, 5) is 3.83. The predicted molar refractivity (Wildman–Crippen MR) is 68.5 cm³/mol. The average Bonchev–Trinajstić information content (AvgIpc) is 2.90. The van der Waals surface area contributed by atoms with Crippen LogP contribution in [0.2, 0.25) is 0 Å². The molecule has 0 spiro atoms. The zero-order valence-corrected chi connectivity index (χ0v) is 10.9. The number of rotatable bonds is 2. The number of aromatic nitrogens is 1. The Labute approximate surface area is 115 Å². The topological polar surface area (TPSA) is 37.0 Å². The highest BCUT2D eigenvalue weighted by Gasteiger charge is 2.39. The molecule has 19 heavy (non-hydrogen) atoms. The Balaban J connectivity index is 0.00000133. The summed E-state index contributed by atoms with van der Waals surface area (Å²) >= 11 is 0. The van der Waals surface area contributed by atoms with Crippen molar-refractivity contribution in [1.29, 1.82) is 0 Å². The third-order valence-electron chi connectivity index (χ3n) is 3.72. The van der Waals surface area contributed by atoms with Crippen LogP contribution >= 0.6 is 12.4 Å². The summed E-state index contributed by atoms with van der Waals surface area (Å²) in [6.45, 7) is 0. The summed E-state index contributed by atoms with van der Waals surface area (Å²) in [5, 5.41) is 6.67. The van der Waals surface area contributed by atoms with Crippen molar-refractivity contribution >= 4 is 18.2 Å². The molecule has 3 atom stereocenters. The van der Waals surface area contributed by atoms with Gasteiger partial charge in [-0.3, -0.25) is 0 Å². The minimum absolute atomic E-state index is 0. The van der Waals surface area contributed by atoms with Crippen molar-refractivity contribution in [3.63, 3.8) is 0 Å². The molecule has 2 bridgehead atoms. The molecular formula is C12H15ClF3N3. The Morgan fingerprint density at radius 2 is 2.05 bits per heavy atom. The number of hydrogen-bond acceptors (Lipinski definition) is 3. The van der Waals surface area contributed by atoms with Gasteiger partial charge in [0.05, 0.1) is 5.56 Å². The fourth-order valence-electron chi connectivity index (χ4n) is 2.82. The summed E-state index contributed by atoms with van der Waals surface area (Å²) in [6, 6.07) is 3.74. The molecule has 7 heteroatoms. The van der Waals surface area contributed by atoms with E-state index in [1.165, 1.54) is 12.5 Å². The highest BCUT2D eigenvalue weighted by Crippen LogP contribution is 2.31. The number of nitrogens with zero attached hydrogens (tertiary/aromatic N) is 1. The number of fused-ring (bicyclic) bond motifs is 2. The molecule has 2 N–H and O–H groups in total. The lowest BCUT2D eigenvalue weighted by molar-refractivity contribution is -0.137. The van der Waals surface area contributed by atoms with Crippen LogP contribution < -0.4 is 10.6 Å². The number of halogens is 4. The van der Waals surface area contributed by atoms with Crippen molar-refractivity contribution in [2.45, 2.75) is 43.6 Å². The summed E-state index contributed by atoms with van der Waals surface area (Å²) in [5.41, 5.74) is -0.709. The summed E-state index contributed by atoms with van der Waals surface area (Å²) in [5.74, 6) is 0.516. The maximum Gasteiger partial charge on any atom is 0.417 e. The minimum Gasteiger partial charge on any atom is -0.366 e. The highest BCUT2D eigenvalue weighted by molar-refractivity contribution is 5.85. The Bertz CT molecular complexity index is 435. The van der Waals surface area contributed by atoms with E-state index in [1.807, 2.05) is 0 Å². The van der Waals surface area contributed by atoms with E-state index in [0.29, 0.717) is 17.9 Å². The number of pyridine rings is 1. The lowest BCUT2D eigenvalue weighted by Crippen LogP contribution is -2.33. The number of anilines is 1. The first-order valence-corrected chi connectivity index (χ1v) is 6.08. The second kappa shape index (κ2) is 5.17. The van der Waals surface area contributed by atoms with E-state index in [4.69, 9.17) is 0 Å². The van der Waals surface area contributed by atoms with Crippen molar-refractivity contribution in [3.8, 4) is 0 Å². The lowest BCUT2D eigenvalue weighted by Gasteiger charge is -2.22. The maximum atomic E-state index is 12.4. The van der Waals surface area contributed by atoms with Crippen LogP contribution in [0.5, 0.6) is 0 Å². The van der Waals surface area contributed by atoms with E-state index in [0.717, 1.165) is 25.1 Å². The molecule has 2 aliphatic rings. The van der Waals surface area contributed by atoms with E-state index in [9.17, 15) is 13.2 Å². The molecule has 3 unspecified atom stereocenters. The van der Waals surface area contributed by atoms with E-state index in [-0.39, 0.29) is 18.4 Å². The molecule has 2 fully saturated rings. The van der Waals surface area contributed by atoms with E-state index in [1.54, 1.807) is 0 Å². The molecule has 3 nitrogen and oxygen atoms in total. The summed E-state index contributed by atoms with van der Waals surface area (Å²) in [7, 11) is 0. The first-order chi connectivity index (χ1) is 8.52. The Kier molecular flexibility index (Phi) is 3.92. The van der Waals surface area contributed by atoms with Gasteiger partial charge >= 0.3 is 6.18 Å². The SMILES string of the molecule is Cl.FC(F)(F)c1ccc(NC2CC3CCC2N3)nc1. The van der Waals surface area contributed by atoms with E-state index in [2.05, 4.69) is 15.6 Å². The normalized spacial score (nSPS) is 29.1. The zero-order chi connectivity index (χ0) is 12.8. The molecule has 0 amide bonds. The Hall–Kier alpha value is -1.01. The van der Waals surface area contributed by atoms with Gasteiger partial charge in [0.2, 0.25) is 0 Å². The first kappa shape index (κ1) is 14.4. The van der Waals surface area contributed by atoms with Gasteiger partial charge in [0.15, 0.2) is 0 Å². The quantitative estimate of drug-likeness (QED) is 0.880. The first-order valence-electron chi connectivity index (χ1n) is 6.08. The van der Waals surface area contributed by atoms with Crippen molar-refractivity contribution in [2.75, 3.05) is 5.32 Å². The average molecular weight is 294 g/mol. The van der Waals surface area contributed by atoms with E-state index >= 15 is 0 Å². The lowest BCUT2D eigenvalue weighted by atomic mass is 9.95. The van der Waals surface area contributed by atoms with Crippen LogP contribution in [0.15, 0.2) is 18.3 Å². The van der Waals surface area contributed by atoms with Gasteiger partial charge in [-0.2, -0.15) is 13.2 Å². The van der Waals surface area contributed by atoms with Gasteiger partial charge in [0.1, 0.15) is 5.82 Å². The van der Waals surface area contributed by atoms with Crippen LogP contribution in [0.1, 0.15) is 24.8 Å². The molecule has 3 rings (SSSR count). The molecule has 2 aliphatic heterocycles. The van der Waals surface area contributed by atoms with Gasteiger partial charge in [-0.1, -0.05) is 0 Å². The van der Waals surface area contributed by atoms with Crippen LogP contribution in [-0.4, -0.2) is 23.1 Å². The van der Waals surface area contributed by atoms with Crippen LogP contribution in [0.4, 0.5) is 19.0 Å². The van der Waals surface area contributed by atoms with Gasteiger partial charge in [-0.25, -0.2) is 4.98 Å². The minimum atomic E-state index is -4.32. The molecule has 0 radical (unpaired) electrons. The van der Waals surface area contributed by atoms with Crippen molar-refractivity contribution < 1.29 is 13.2 Å². The molecule has 1 aromatic heterocycles. The van der Waals surface area contributed by atoms with Crippen molar-refractivity contribution in [2.24, 2.45) is 0 Å².